The highest BCUT2D eigenvalue weighted by Crippen LogP contribution is 2.31. The van der Waals surface area contributed by atoms with Gasteiger partial charge in [0.05, 0.1) is 0 Å². The molecule has 0 atom stereocenters. The van der Waals surface area contributed by atoms with Crippen LogP contribution in [0.5, 0.6) is 0 Å². The number of rotatable bonds is 6. The van der Waals surface area contributed by atoms with Crippen molar-refractivity contribution in [3.8, 4) is 0 Å². The molecule has 0 fully saturated rings. The molecular weight excluding hydrogens is 244 g/mol. The Balaban J connectivity index is 3.43. The highest BCUT2D eigenvalue weighted by Gasteiger charge is 2.21. The lowest BCUT2D eigenvalue weighted by molar-refractivity contribution is 0.0988. The van der Waals surface area contributed by atoms with Gasteiger partial charge in [-0.15, -0.1) is 0 Å². The predicted molar refractivity (Wildman–Crippen MR) is 87.8 cm³/mol. The summed E-state index contributed by atoms with van der Waals surface area (Å²) >= 11 is 0. The summed E-state index contributed by atoms with van der Waals surface area (Å²) in [4.78, 5) is 12.1. The normalized spacial score (nSPS) is 11.7. The summed E-state index contributed by atoms with van der Waals surface area (Å²) in [5.74, 6) is 0.260. The number of carbonyl (C=O) groups is 1. The van der Waals surface area contributed by atoms with Crippen molar-refractivity contribution in [1.82, 2.24) is 0 Å². The molecule has 1 aromatic rings. The molecular formula is C19H30O. The molecule has 0 saturated heterocycles. The van der Waals surface area contributed by atoms with E-state index in [1.54, 1.807) is 0 Å². The van der Waals surface area contributed by atoms with E-state index in [4.69, 9.17) is 0 Å². The summed E-state index contributed by atoms with van der Waals surface area (Å²) in [6.07, 6.45) is 5.11. The maximum absolute atomic E-state index is 12.1. The maximum Gasteiger partial charge on any atom is 0.162 e. The number of unbranched alkanes of at least 4 members (excludes halogenated alkanes) is 1. The second kappa shape index (κ2) is 7.06. The van der Waals surface area contributed by atoms with E-state index in [0.717, 1.165) is 18.4 Å². The number of ketones is 1. The minimum atomic E-state index is 0.0936. The molecule has 0 heterocycles. The van der Waals surface area contributed by atoms with Crippen LogP contribution in [0.15, 0.2) is 12.1 Å². The highest BCUT2D eigenvalue weighted by atomic mass is 16.1. The van der Waals surface area contributed by atoms with Crippen LogP contribution in [0.1, 0.15) is 87.9 Å². The average Bonchev–Trinajstić information content (AvgIpc) is 2.41. The first-order valence-electron chi connectivity index (χ1n) is 8.04. The first kappa shape index (κ1) is 16.9. The van der Waals surface area contributed by atoms with Gasteiger partial charge in [-0.2, -0.15) is 0 Å². The fourth-order valence-corrected chi connectivity index (χ4v) is 2.77. The second-order valence-electron chi connectivity index (χ2n) is 6.65. The van der Waals surface area contributed by atoms with E-state index in [1.165, 1.54) is 29.5 Å². The second-order valence-corrected chi connectivity index (χ2v) is 6.65. The molecule has 1 aromatic carbocycles. The number of carbonyl (C=O) groups excluding carboxylic acids is 1. The molecule has 0 aromatic heterocycles. The summed E-state index contributed by atoms with van der Waals surface area (Å²) in [7, 11) is 0. The van der Waals surface area contributed by atoms with Crippen LogP contribution in [0.2, 0.25) is 0 Å². The fourth-order valence-electron chi connectivity index (χ4n) is 2.77. The molecule has 0 saturated carbocycles. The van der Waals surface area contributed by atoms with Crippen LogP contribution >= 0.6 is 0 Å². The van der Waals surface area contributed by atoms with Crippen LogP contribution in [0.4, 0.5) is 0 Å². The molecule has 0 aliphatic rings. The van der Waals surface area contributed by atoms with Gasteiger partial charge in [-0.25, -0.2) is 0 Å². The van der Waals surface area contributed by atoms with Gasteiger partial charge in [0.15, 0.2) is 5.78 Å². The van der Waals surface area contributed by atoms with Gasteiger partial charge in [-0.05, 0) is 53.5 Å². The third-order valence-electron chi connectivity index (χ3n) is 3.95. The van der Waals surface area contributed by atoms with Gasteiger partial charge in [-0.3, -0.25) is 4.79 Å². The van der Waals surface area contributed by atoms with Gasteiger partial charge in [0.1, 0.15) is 0 Å². The zero-order chi connectivity index (χ0) is 15.3. The lowest BCUT2D eigenvalue weighted by Crippen LogP contribution is -2.17. The molecule has 0 unspecified atom stereocenters. The van der Waals surface area contributed by atoms with E-state index in [-0.39, 0.29) is 11.2 Å². The first-order valence-corrected chi connectivity index (χ1v) is 8.04. The lowest BCUT2D eigenvalue weighted by atomic mass is 9.79. The van der Waals surface area contributed by atoms with Gasteiger partial charge in [0.25, 0.3) is 0 Å². The molecule has 20 heavy (non-hydrogen) atoms. The SMILES string of the molecule is CCCCc1cc(C(=O)CC)cc(C(C)(C)C)c1CC. The van der Waals surface area contributed by atoms with Crippen LogP contribution in [0, 0.1) is 0 Å². The van der Waals surface area contributed by atoms with Crippen molar-refractivity contribution in [3.63, 3.8) is 0 Å². The molecule has 0 N–H and O–H groups in total. The predicted octanol–water partition coefficient (Wildman–Crippen LogP) is 5.48. The Morgan fingerprint density at radius 1 is 1.10 bits per heavy atom. The van der Waals surface area contributed by atoms with Crippen molar-refractivity contribution in [2.24, 2.45) is 0 Å². The fraction of sp³-hybridized carbons (Fsp3) is 0.632. The van der Waals surface area contributed by atoms with Gasteiger partial charge in [0.2, 0.25) is 0 Å². The zero-order valence-electron chi connectivity index (χ0n) is 14.1. The summed E-state index contributed by atoms with van der Waals surface area (Å²) in [6, 6.07) is 4.29. The van der Waals surface area contributed by atoms with Gasteiger partial charge in [0, 0.05) is 12.0 Å². The van der Waals surface area contributed by atoms with E-state index in [1.807, 2.05) is 6.92 Å². The first-order chi connectivity index (χ1) is 9.35. The van der Waals surface area contributed by atoms with Gasteiger partial charge < -0.3 is 0 Å². The maximum atomic E-state index is 12.1. The number of hydrogen-bond donors (Lipinski definition) is 0. The van der Waals surface area contributed by atoms with Crippen LogP contribution in [0.25, 0.3) is 0 Å². The summed E-state index contributed by atoms with van der Waals surface area (Å²) in [6.45, 7) is 13.1. The van der Waals surface area contributed by atoms with E-state index >= 15 is 0 Å². The van der Waals surface area contributed by atoms with Crippen molar-refractivity contribution in [2.75, 3.05) is 0 Å². The van der Waals surface area contributed by atoms with Crippen LogP contribution in [0.3, 0.4) is 0 Å². The van der Waals surface area contributed by atoms with Crippen LogP contribution in [-0.4, -0.2) is 5.78 Å². The number of hydrogen-bond acceptors (Lipinski definition) is 1. The molecule has 0 aliphatic carbocycles. The standard InChI is InChI=1S/C19H30O/c1-7-10-11-14-12-15(18(20)9-3)13-17(16(14)8-2)19(4,5)6/h12-13H,7-11H2,1-6H3. The molecule has 1 rings (SSSR count). The minimum Gasteiger partial charge on any atom is -0.294 e. The average molecular weight is 274 g/mol. The Labute approximate surface area is 124 Å². The quantitative estimate of drug-likeness (QED) is 0.628. The third kappa shape index (κ3) is 3.94. The number of benzene rings is 1. The Morgan fingerprint density at radius 3 is 2.20 bits per heavy atom. The van der Waals surface area contributed by atoms with E-state index in [2.05, 4.69) is 46.8 Å². The van der Waals surface area contributed by atoms with Crippen molar-refractivity contribution in [2.45, 2.75) is 79.1 Å². The van der Waals surface area contributed by atoms with E-state index in [0.29, 0.717) is 6.42 Å². The summed E-state index contributed by atoms with van der Waals surface area (Å²) in [5.41, 5.74) is 5.19. The Morgan fingerprint density at radius 2 is 1.75 bits per heavy atom. The number of Topliss-reactive ketones (excluding diaryl/α,β-unsaturated/α-hetero) is 1. The molecule has 0 radical (unpaired) electrons. The zero-order valence-corrected chi connectivity index (χ0v) is 14.1. The Hall–Kier alpha value is -1.11. The van der Waals surface area contributed by atoms with Gasteiger partial charge >= 0.3 is 0 Å². The van der Waals surface area contributed by atoms with Crippen molar-refractivity contribution >= 4 is 5.78 Å². The van der Waals surface area contributed by atoms with Gasteiger partial charge in [-0.1, -0.05) is 48.0 Å². The Kier molecular flexibility index (Phi) is 5.98. The molecule has 0 spiro atoms. The van der Waals surface area contributed by atoms with Crippen molar-refractivity contribution in [3.05, 3.63) is 34.4 Å². The van der Waals surface area contributed by atoms with Crippen LogP contribution in [-0.2, 0) is 18.3 Å². The smallest absolute Gasteiger partial charge is 0.162 e. The van der Waals surface area contributed by atoms with Crippen molar-refractivity contribution < 1.29 is 4.79 Å². The molecule has 0 amide bonds. The topological polar surface area (TPSA) is 17.1 Å². The largest absolute Gasteiger partial charge is 0.294 e. The third-order valence-corrected chi connectivity index (χ3v) is 3.95. The Bertz CT molecular complexity index is 463. The monoisotopic (exact) mass is 274 g/mol. The van der Waals surface area contributed by atoms with E-state index < -0.39 is 0 Å². The minimum absolute atomic E-state index is 0.0936. The highest BCUT2D eigenvalue weighted by molar-refractivity contribution is 5.96. The summed E-state index contributed by atoms with van der Waals surface area (Å²) < 4.78 is 0. The molecule has 1 nitrogen and oxygen atoms in total. The molecule has 0 aliphatic heterocycles. The number of aryl methyl sites for hydroxylation is 1. The van der Waals surface area contributed by atoms with Crippen molar-refractivity contribution in [1.29, 1.82) is 0 Å². The van der Waals surface area contributed by atoms with E-state index in [9.17, 15) is 4.79 Å². The molecule has 0 bridgehead atoms. The molecule has 112 valence electrons. The lowest BCUT2D eigenvalue weighted by Gasteiger charge is -2.26. The van der Waals surface area contributed by atoms with Crippen LogP contribution < -0.4 is 0 Å². The molecule has 1 heteroatoms. The summed E-state index contributed by atoms with van der Waals surface area (Å²) in [5, 5.41) is 0.